The monoisotopic (exact) mass is 398 g/mol. The van der Waals surface area contributed by atoms with Gasteiger partial charge in [-0.3, -0.25) is 4.79 Å². The number of rotatable bonds is 6. The van der Waals surface area contributed by atoms with Crippen molar-refractivity contribution in [3.8, 4) is 0 Å². The molecule has 0 bridgehead atoms. The van der Waals surface area contributed by atoms with E-state index in [1.807, 2.05) is 0 Å². The van der Waals surface area contributed by atoms with Crippen molar-refractivity contribution >= 4 is 27.7 Å². The average molecular weight is 399 g/mol. The van der Waals surface area contributed by atoms with Crippen molar-refractivity contribution in [3.63, 3.8) is 0 Å². The first-order valence-electron chi connectivity index (χ1n) is 9.14. The highest BCUT2D eigenvalue weighted by atomic mass is 32.2. The Bertz CT molecular complexity index is 734. The van der Waals surface area contributed by atoms with E-state index >= 15 is 0 Å². The number of nitrogens with one attached hydrogen (secondary N) is 1. The van der Waals surface area contributed by atoms with Gasteiger partial charge in [0.15, 0.2) is 0 Å². The summed E-state index contributed by atoms with van der Waals surface area (Å²) < 4.78 is 27.6. The van der Waals surface area contributed by atoms with Gasteiger partial charge >= 0.3 is 0 Å². The van der Waals surface area contributed by atoms with Gasteiger partial charge in [0.2, 0.25) is 10.0 Å². The van der Waals surface area contributed by atoms with Gasteiger partial charge in [-0.25, -0.2) is 8.42 Å². The van der Waals surface area contributed by atoms with E-state index in [9.17, 15) is 13.2 Å². The number of sulfonamides is 1. The van der Waals surface area contributed by atoms with E-state index in [0.717, 1.165) is 25.0 Å². The number of carbonyl (C=O) groups excluding carboxylic acids is 1. The van der Waals surface area contributed by atoms with Crippen molar-refractivity contribution in [1.29, 1.82) is 0 Å². The fourth-order valence-electron chi connectivity index (χ4n) is 2.89. The molecule has 146 valence electrons. The molecule has 1 aromatic rings. The smallest absolute Gasteiger partial charge is 0.251 e. The molecular formula is C19H30N2O3S2. The van der Waals surface area contributed by atoms with Crippen LogP contribution in [0.2, 0.25) is 0 Å². The molecule has 26 heavy (non-hydrogen) atoms. The number of amides is 1. The van der Waals surface area contributed by atoms with Gasteiger partial charge in [-0.2, -0.15) is 16.1 Å². The van der Waals surface area contributed by atoms with Crippen LogP contribution in [0.25, 0.3) is 0 Å². The molecule has 7 heteroatoms. The van der Waals surface area contributed by atoms with Crippen molar-refractivity contribution < 1.29 is 13.2 Å². The van der Waals surface area contributed by atoms with Crippen molar-refractivity contribution in [2.24, 2.45) is 0 Å². The molecule has 2 rings (SSSR count). The topological polar surface area (TPSA) is 66.5 Å². The van der Waals surface area contributed by atoms with Crippen molar-refractivity contribution in [1.82, 2.24) is 9.62 Å². The maximum atomic E-state index is 12.9. The van der Waals surface area contributed by atoms with Crippen LogP contribution in [0.3, 0.4) is 0 Å². The molecule has 1 saturated heterocycles. The molecule has 1 aliphatic rings. The second-order valence-corrected chi connectivity index (χ2v) is 11.5. The Morgan fingerprint density at radius 1 is 1.19 bits per heavy atom. The third-order valence-corrected chi connectivity index (χ3v) is 7.62. The number of benzene rings is 1. The van der Waals surface area contributed by atoms with Gasteiger partial charge in [0, 0.05) is 35.7 Å². The van der Waals surface area contributed by atoms with Gasteiger partial charge in [0.25, 0.3) is 5.91 Å². The van der Waals surface area contributed by atoms with Gasteiger partial charge in [0.1, 0.15) is 0 Å². The highest BCUT2D eigenvalue weighted by molar-refractivity contribution is 8.00. The molecule has 1 aliphatic heterocycles. The summed E-state index contributed by atoms with van der Waals surface area (Å²) in [4.78, 5) is 12.7. The number of carbonyl (C=O) groups is 1. The fourth-order valence-corrected chi connectivity index (χ4v) is 5.47. The minimum Gasteiger partial charge on any atom is -0.351 e. The van der Waals surface area contributed by atoms with Gasteiger partial charge in [-0.15, -0.1) is 0 Å². The predicted octanol–water partition coefficient (Wildman–Crippen LogP) is 3.43. The van der Waals surface area contributed by atoms with Crippen molar-refractivity contribution in [3.05, 3.63) is 29.3 Å². The predicted molar refractivity (Wildman–Crippen MR) is 108 cm³/mol. The normalized spacial score (nSPS) is 16.5. The van der Waals surface area contributed by atoms with Gasteiger partial charge in [-0.05, 0) is 37.5 Å². The summed E-state index contributed by atoms with van der Waals surface area (Å²) >= 11 is 1.78. The standard InChI is InChI=1S/C19H30N2O3S2/c1-15-8-9-16(18(22)20-10-13-25-19(2,3)4)14-17(15)26(23,24)21-11-6-5-7-12-21/h8-9,14H,5-7,10-13H2,1-4H3,(H,20,22). The number of hydrogen-bond donors (Lipinski definition) is 1. The lowest BCUT2D eigenvalue weighted by atomic mass is 10.1. The SMILES string of the molecule is Cc1ccc(C(=O)NCCSC(C)(C)C)cc1S(=O)(=O)N1CCCCC1. The Balaban J connectivity index is 2.10. The van der Waals surface area contributed by atoms with Crippen LogP contribution in [0, 0.1) is 6.92 Å². The zero-order valence-electron chi connectivity index (χ0n) is 16.2. The molecule has 0 radical (unpaired) electrons. The van der Waals surface area contributed by atoms with Crippen LogP contribution in [0.5, 0.6) is 0 Å². The van der Waals surface area contributed by atoms with Crippen molar-refractivity contribution in [2.75, 3.05) is 25.4 Å². The van der Waals surface area contributed by atoms with Crippen molar-refractivity contribution in [2.45, 2.75) is 56.6 Å². The molecule has 1 N–H and O–H groups in total. The molecule has 0 spiro atoms. The summed E-state index contributed by atoms with van der Waals surface area (Å²) in [5.41, 5.74) is 1.07. The summed E-state index contributed by atoms with van der Waals surface area (Å²) in [7, 11) is -3.54. The van der Waals surface area contributed by atoms with Crippen LogP contribution >= 0.6 is 11.8 Å². The highest BCUT2D eigenvalue weighted by Crippen LogP contribution is 2.25. The number of aryl methyl sites for hydroxylation is 1. The summed E-state index contributed by atoms with van der Waals surface area (Å²) in [5.74, 6) is 0.592. The van der Waals surface area contributed by atoms with E-state index in [2.05, 4.69) is 26.1 Å². The van der Waals surface area contributed by atoms with E-state index < -0.39 is 10.0 Å². The van der Waals surface area contributed by atoms with Gasteiger partial charge in [0.05, 0.1) is 4.90 Å². The second-order valence-electron chi connectivity index (χ2n) is 7.66. The van der Waals surface area contributed by atoms with E-state index in [0.29, 0.717) is 30.8 Å². The molecule has 0 aliphatic carbocycles. The van der Waals surface area contributed by atoms with Crippen LogP contribution < -0.4 is 5.32 Å². The molecule has 0 aromatic heterocycles. The summed E-state index contributed by atoms with van der Waals surface area (Å²) in [5, 5.41) is 2.88. The Labute approximate surface area is 162 Å². The Hall–Kier alpha value is -1.05. The molecule has 0 saturated carbocycles. The number of piperidine rings is 1. The molecule has 1 aromatic carbocycles. The summed E-state index contributed by atoms with van der Waals surface area (Å²) in [6.45, 7) is 9.86. The third-order valence-electron chi connectivity index (χ3n) is 4.31. The van der Waals surface area contributed by atoms with E-state index in [1.54, 1.807) is 35.1 Å². The lowest BCUT2D eigenvalue weighted by Gasteiger charge is -2.26. The third kappa shape index (κ3) is 5.72. The fraction of sp³-hybridized carbons (Fsp3) is 0.632. The minimum atomic E-state index is -3.54. The second kappa shape index (κ2) is 8.76. The lowest BCUT2D eigenvalue weighted by Crippen LogP contribution is -2.36. The summed E-state index contributed by atoms with van der Waals surface area (Å²) in [6.07, 6.45) is 2.85. The Morgan fingerprint density at radius 3 is 2.46 bits per heavy atom. The van der Waals surface area contributed by atoms with Gasteiger partial charge < -0.3 is 5.32 Å². The first-order chi connectivity index (χ1) is 12.1. The van der Waals surface area contributed by atoms with Crippen LogP contribution in [0.4, 0.5) is 0 Å². The molecule has 1 heterocycles. The first-order valence-corrected chi connectivity index (χ1v) is 11.6. The maximum Gasteiger partial charge on any atom is 0.251 e. The molecular weight excluding hydrogens is 368 g/mol. The van der Waals surface area contributed by atoms with Gasteiger partial charge in [-0.1, -0.05) is 33.3 Å². The Kier molecular flexibility index (Phi) is 7.16. The van der Waals surface area contributed by atoms with E-state index in [1.165, 1.54) is 6.07 Å². The lowest BCUT2D eigenvalue weighted by molar-refractivity contribution is 0.0956. The van der Waals surface area contributed by atoms with Crippen LogP contribution in [-0.4, -0.2) is 48.8 Å². The number of nitrogens with zero attached hydrogens (tertiary/aromatic N) is 1. The van der Waals surface area contributed by atoms with Crippen LogP contribution in [0.15, 0.2) is 23.1 Å². The molecule has 5 nitrogen and oxygen atoms in total. The molecule has 1 fully saturated rings. The zero-order chi connectivity index (χ0) is 19.4. The largest absolute Gasteiger partial charge is 0.351 e. The number of hydrogen-bond acceptors (Lipinski definition) is 4. The first kappa shape index (κ1) is 21.3. The molecule has 0 atom stereocenters. The molecule has 1 amide bonds. The van der Waals surface area contributed by atoms with Crippen LogP contribution in [-0.2, 0) is 10.0 Å². The minimum absolute atomic E-state index is 0.157. The molecule has 0 unspecified atom stereocenters. The average Bonchev–Trinajstić information content (AvgIpc) is 2.58. The summed E-state index contributed by atoms with van der Waals surface area (Å²) in [6, 6.07) is 4.93. The van der Waals surface area contributed by atoms with Crippen LogP contribution in [0.1, 0.15) is 56.0 Å². The zero-order valence-corrected chi connectivity index (χ0v) is 17.8. The highest BCUT2D eigenvalue weighted by Gasteiger charge is 2.28. The number of thioether (sulfide) groups is 1. The van der Waals surface area contributed by atoms with E-state index in [4.69, 9.17) is 0 Å². The Morgan fingerprint density at radius 2 is 1.85 bits per heavy atom. The quantitative estimate of drug-likeness (QED) is 0.746. The van der Waals surface area contributed by atoms with E-state index in [-0.39, 0.29) is 15.5 Å². The maximum absolute atomic E-state index is 12.9.